The maximum Gasteiger partial charge on any atom is 0.275 e. The van der Waals surface area contributed by atoms with Crippen molar-refractivity contribution >= 4 is 17.7 Å². The molecule has 1 aromatic carbocycles. The first-order valence-corrected chi connectivity index (χ1v) is 7.48. The molecule has 7 heteroatoms. The summed E-state index contributed by atoms with van der Waals surface area (Å²) in [5.74, 6) is 0.992. The molecule has 2 aromatic heterocycles. The zero-order valence-electron chi connectivity index (χ0n) is 13.4. The van der Waals surface area contributed by atoms with Crippen molar-refractivity contribution in [2.45, 2.75) is 20.4 Å². The van der Waals surface area contributed by atoms with Crippen LogP contribution in [0.3, 0.4) is 0 Å². The summed E-state index contributed by atoms with van der Waals surface area (Å²) in [6.07, 6.45) is 1.54. The molecule has 2 heterocycles. The van der Waals surface area contributed by atoms with Crippen molar-refractivity contribution in [3.05, 3.63) is 65.2 Å². The van der Waals surface area contributed by atoms with Gasteiger partial charge in [0.25, 0.3) is 5.91 Å². The molecule has 0 atom stereocenters. The van der Waals surface area contributed by atoms with E-state index in [0.717, 1.165) is 5.56 Å². The van der Waals surface area contributed by atoms with Crippen molar-refractivity contribution < 1.29 is 9.32 Å². The number of hydrogen-bond acceptors (Lipinski definition) is 6. The van der Waals surface area contributed by atoms with E-state index in [-0.39, 0.29) is 11.6 Å². The number of aryl methyl sites for hydroxylation is 2. The van der Waals surface area contributed by atoms with Gasteiger partial charge in [0.1, 0.15) is 11.5 Å². The van der Waals surface area contributed by atoms with E-state index in [1.807, 2.05) is 31.2 Å². The predicted molar refractivity (Wildman–Crippen MR) is 89.7 cm³/mol. The number of aromatic nitrogens is 3. The fraction of sp³-hybridized carbons (Fsp3) is 0.176. The van der Waals surface area contributed by atoms with Crippen molar-refractivity contribution in [2.75, 3.05) is 10.6 Å². The minimum Gasteiger partial charge on any atom is -0.360 e. The van der Waals surface area contributed by atoms with Crippen molar-refractivity contribution in [2.24, 2.45) is 0 Å². The van der Waals surface area contributed by atoms with Gasteiger partial charge in [0.2, 0.25) is 5.95 Å². The molecule has 0 bridgehead atoms. The van der Waals surface area contributed by atoms with Crippen LogP contribution in [-0.4, -0.2) is 21.0 Å². The van der Waals surface area contributed by atoms with Crippen LogP contribution in [0.5, 0.6) is 0 Å². The van der Waals surface area contributed by atoms with E-state index in [9.17, 15) is 4.79 Å². The summed E-state index contributed by atoms with van der Waals surface area (Å²) in [6.45, 7) is 4.38. The fourth-order valence-corrected chi connectivity index (χ4v) is 2.16. The van der Waals surface area contributed by atoms with E-state index in [1.54, 1.807) is 19.1 Å². The lowest BCUT2D eigenvalue weighted by Crippen LogP contribution is -2.15. The molecule has 7 nitrogen and oxygen atoms in total. The van der Waals surface area contributed by atoms with E-state index in [1.165, 1.54) is 11.8 Å². The molecule has 0 aliphatic heterocycles. The maximum absolute atomic E-state index is 12.2. The summed E-state index contributed by atoms with van der Waals surface area (Å²) < 4.78 is 4.91. The van der Waals surface area contributed by atoms with Gasteiger partial charge < -0.3 is 15.2 Å². The van der Waals surface area contributed by atoms with Gasteiger partial charge in [-0.3, -0.25) is 4.79 Å². The molecule has 122 valence electrons. The van der Waals surface area contributed by atoms with Gasteiger partial charge in [-0.05, 0) is 31.0 Å². The molecular formula is C17H17N5O2. The van der Waals surface area contributed by atoms with Crippen molar-refractivity contribution in [3.8, 4) is 0 Å². The predicted octanol–water partition coefficient (Wildman–Crippen LogP) is 2.95. The number of amides is 1. The smallest absolute Gasteiger partial charge is 0.275 e. The van der Waals surface area contributed by atoms with Crippen LogP contribution in [0, 0.1) is 13.8 Å². The molecule has 0 unspecified atom stereocenters. The van der Waals surface area contributed by atoms with Gasteiger partial charge in [-0.15, -0.1) is 0 Å². The molecule has 0 saturated carbocycles. The molecule has 0 aliphatic rings. The number of nitrogens with zero attached hydrogens (tertiary/aromatic N) is 3. The highest BCUT2D eigenvalue weighted by atomic mass is 16.5. The Morgan fingerprint density at radius 2 is 2.04 bits per heavy atom. The van der Waals surface area contributed by atoms with Gasteiger partial charge >= 0.3 is 0 Å². The van der Waals surface area contributed by atoms with Crippen molar-refractivity contribution in [3.63, 3.8) is 0 Å². The summed E-state index contributed by atoms with van der Waals surface area (Å²) in [5.41, 5.74) is 2.58. The van der Waals surface area contributed by atoms with Crippen molar-refractivity contribution in [1.29, 1.82) is 0 Å². The first kappa shape index (κ1) is 15.7. The third-order valence-electron chi connectivity index (χ3n) is 3.46. The van der Waals surface area contributed by atoms with Gasteiger partial charge in [-0.25, -0.2) is 9.97 Å². The average molecular weight is 323 g/mol. The number of nitrogens with one attached hydrogen (secondary N) is 2. The molecule has 3 rings (SSSR count). The molecule has 0 saturated heterocycles. The van der Waals surface area contributed by atoms with Crippen molar-refractivity contribution in [1.82, 2.24) is 15.1 Å². The highest BCUT2D eigenvalue weighted by molar-refractivity contribution is 6.02. The van der Waals surface area contributed by atoms with E-state index >= 15 is 0 Å². The molecule has 3 aromatic rings. The Labute approximate surface area is 139 Å². The Morgan fingerprint density at radius 3 is 2.79 bits per heavy atom. The quantitative estimate of drug-likeness (QED) is 0.750. The zero-order chi connectivity index (χ0) is 16.9. The monoisotopic (exact) mass is 323 g/mol. The number of benzene rings is 1. The zero-order valence-corrected chi connectivity index (χ0v) is 13.4. The third-order valence-corrected chi connectivity index (χ3v) is 3.46. The van der Waals surface area contributed by atoms with Gasteiger partial charge in [0.05, 0.1) is 0 Å². The van der Waals surface area contributed by atoms with Gasteiger partial charge in [-0.2, -0.15) is 0 Å². The first-order valence-electron chi connectivity index (χ1n) is 7.48. The van der Waals surface area contributed by atoms with Crippen LogP contribution in [0.2, 0.25) is 0 Å². The van der Waals surface area contributed by atoms with Crippen LogP contribution in [0.25, 0.3) is 0 Å². The molecule has 0 aliphatic carbocycles. The van der Waals surface area contributed by atoms with Crippen LogP contribution in [0.1, 0.15) is 27.4 Å². The second-order valence-electron chi connectivity index (χ2n) is 5.32. The molecule has 0 radical (unpaired) electrons. The lowest BCUT2D eigenvalue weighted by molar-refractivity contribution is 0.102. The van der Waals surface area contributed by atoms with Gasteiger partial charge in [0, 0.05) is 18.8 Å². The topological polar surface area (TPSA) is 92.9 Å². The molecule has 24 heavy (non-hydrogen) atoms. The summed E-state index contributed by atoms with van der Waals surface area (Å²) >= 11 is 0. The molecule has 1 amide bonds. The first-order chi connectivity index (χ1) is 11.6. The number of carbonyl (C=O) groups excluding carboxylic acids is 1. The van der Waals surface area contributed by atoms with E-state index < -0.39 is 0 Å². The summed E-state index contributed by atoms with van der Waals surface area (Å²) in [7, 11) is 0. The summed E-state index contributed by atoms with van der Waals surface area (Å²) in [6, 6.07) is 11.2. The van der Waals surface area contributed by atoms with E-state index in [0.29, 0.717) is 24.1 Å². The van der Waals surface area contributed by atoms with Gasteiger partial charge in [-0.1, -0.05) is 29.4 Å². The lowest BCUT2D eigenvalue weighted by atomic mass is 10.1. The Bertz CT molecular complexity index is 859. The number of rotatable bonds is 5. The van der Waals surface area contributed by atoms with Crippen LogP contribution in [0.4, 0.5) is 11.8 Å². The second kappa shape index (κ2) is 6.91. The van der Waals surface area contributed by atoms with E-state index in [2.05, 4.69) is 25.8 Å². The number of hydrogen-bond donors (Lipinski definition) is 2. The molecular weight excluding hydrogens is 306 g/mol. The fourth-order valence-electron chi connectivity index (χ4n) is 2.16. The Kier molecular flexibility index (Phi) is 4.51. The van der Waals surface area contributed by atoms with E-state index in [4.69, 9.17) is 4.52 Å². The van der Waals surface area contributed by atoms with Gasteiger partial charge in [0.15, 0.2) is 5.82 Å². The van der Waals surface area contributed by atoms with Crippen LogP contribution in [0.15, 0.2) is 47.1 Å². The van der Waals surface area contributed by atoms with Crippen LogP contribution < -0.4 is 10.6 Å². The summed E-state index contributed by atoms with van der Waals surface area (Å²) in [5, 5.41) is 9.48. The average Bonchev–Trinajstić information content (AvgIpc) is 2.99. The molecule has 0 fully saturated rings. The Balaban J connectivity index is 1.67. The minimum atomic E-state index is -0.371. The number of carbonyl (C=O) groups is 1. The Morgan fingerprint density at radius 1 is 1.21 bits per heavy atom. The van der Waals surface area contributed by atoms with Crippen LogP contribution in [-0.2, 0) is 6.54 Å². The highest BCUT2D eigenvalue weighted by Crippen LogP contribution is 2.11. The molecule has 2 N–H and O–H groups in total. The normalized spacial score (nSPS) is 10.4. The standard InChI is InChI=1S/C17H17N5O2/c1-11-5-3-4-6-13(11)10-19-17-18-8-7-14(20-17)16(23)21-15-9-12(2)24-22-15/h3-9H,10H2,1-2H3,(H,18,19,20)(H,21,22,23). The lowest BCUT2D eigenvalue weighted by Gasteiger charge is -2.08. The highest BCUT2D eigenvalue weighted by Gasteiger charge is 2.11. The summed E-state index contributed by atoms with van der Waals surface area (Å²) in [4.78, 5) is 20.6. The second-order valence-corrected chi connectivity index (χ2v) is 5.32. The minimum absolute atomic E-state index is 0.248. The largest absolute Gasteiger partial charge is 0.360 e. The third kappa shape index (κ3) is 3.75. The SMILES string of the molecule is Cc1cc(NC(=O)c2ccnc(NCc3ccccc3C)n2)no1. The number of anilines is 2. The maximum atomic E-state index is 12.2. The van der Waals surface area contributed by atoms with Crippen LogP contribution >= 0.6 is 0 Å². The Hall–Kier alpha value is -3.22. The molecule has 0 spiro atoms.